The highest BCUT2D eigenvalue weighted by Crippen LogP contribution is 2.50. The number of allylic oxidation sites excluding steroid dienone is 4. The maximum atomic E-state index is 6.52. The second-order valence-electron chi connectivity index (χ2n) is 6.46. The van der Waals surface area contributed by atoms with Gasteiger partial charge in [0, 0.05) is 28.9 Å². The Labute approximate surface area is 139 Å². The summed E-state index contributed by atoms with van der Waals surface area (Å²) in [5, 5.41) is 0.860. The van der Waals surface area contributed by atoms with Crippen LogP contribution in [0.4, 0.5) is 0 Å². The number of rotatable bonds is 3. The highest BCUT2D eigenvalue weighted by Gasteiger charge is 2.36. The lowest BCUT2D eigenvalue weighted by molar-refractivity contribution is 0.373. The molecule has 1 unspecified atom stereocenters. The SMILES string of the molecule is C=C1CCC2=C1C(c1cc(C)ccc1Cl)CC(=C)N2CCC. The molecule has 0 fully saturated rings. The lowest BCUT2D eigenvalue weighted by Gasteiger charge is -2.38. The van der Waals surface area contributed by atoms with Gasteiger partial charge >= 0.3 is 0 Å². The second-order valence-corrected chi connectivity index (χ2v) is 6.87. The van der Waals surface area contributed by atoms with Crippen LogP contribution >= 0.6 is 11.6 Å². The van der Waals surface area contributed by atoms with Gasteiger partial charge in [0.25, 0.3) is 0 Å². The lowest BCUT2D eigenvalue weighted by Crippen LogP contribution is -2.29. The molecule has 0 saturated heterocycles. The number of benzene rings is 1. The Hall–Kier alpha value is -1.47. The predicted molar refractivity (Wildman–Crippen MR) is 95.1 cm³/mol. The zero-order valence-corrected chi connectivity index (χ0v) is 14.3. The van der Waals surface area contributed by atoms with Crippen molar-refractivity contribution in [3.63, 3.8) is 0 Å². The minimum Gasteiger partial charge on any atom is -0.349 e. The third-order valence-corrected chi connectivity index (χ3v) is 5.17. The monoisotopic (exact) mass is 313 g/mol. The van der Waals surface area contributed by atoms with Crippen LogP contribution in [-0.4, -0.2) is 11.4 Å². The molecule has 1 atom stereocenters. The van der Waals surface area contributed by atoms with Crippen molar-refractivity contribution in [2.45, 2.75) is 45.4 Å². The van der Waals surface area contributed by atoms with Gasteiger partial charge in [-0.05, 0) is 55.4 Å². The molecule has 3 rings (SSSR count). The summed E-state index contributed by atoms with van der Waals surface area (Å²) in [6.45, 7) is 14.1. The van der Waals surface area contributed by atoms with E-state index in [0.29, 0.717) is 5.92 Å². The van der Waals surface area contributed by atoms with Crippen molar-refractivity contribution < 1.29 is 0 Å². The zero-order chi connectivity index (χ0) is 15.9. The summed E-state index contributed by atoms with van der Waals surface area (Å²) in [6.07, 6.45) is 4.24. The van der Waals surface area contributed by atoms with Crippen molar-refractivity contribution in [3.8, 4) is 0 Å². The van der Waals surface area contributed by atoms with Gasteiger partial charge in [0.15, 0.2) is 0 Å². The first-order valence-electron chi connectivity index (χ1n) is 8.15. The van der Waals surface area contributed by atoms with Crippen molar-refractivity contribution in [2.75, 3.05) is 6.54 Å². The topological polar surface area (TPSA) is 3.24 Å². The Bertz CT molecular complexity index is 668. The van der Waals surface area contributed by atoms with Gasteiger partial charge in [-0.1, -0.05) is 49.4 Å². The van der Waals surface area contributed by atoms with Crippen LogP contribution in [0.3, 0.4) is 0 Å². The van der Waals surface area contributed by atoms with E-state index in [-0.39, 0.29) is 0 Å². The molecule has 1 aliphatic heterocycles. The molecular formula is C20H24ClN. The molecule has 22 heavy (non-hydrogen) atoms. The molecule has 2 heteroatoms. The quantitative estimate of drug-likeness (QED) is 0.665. The second kappa shape index (κ2) is 5.96. The minimum atomic E-state index is 0.318. The molecule has 0 saturated carbocycles. The maximum absolute atomic E-state index is 6.52. The molecule has 0 radical (unpaired) electrons. The summed E-state index contributed by atoms with van der Waals surface area (Å²) in [5.74, 6) is 0.318. The standard InChI is InChI=1S/C20H24ClN/c1-5-10-22-15(4)12-17(20-14(3)7-9-19(20)22)16-11-13(2)6-8-18(16)21/h6,8,11,17H,3-5,7,9-10,12H2,1-2H3. The number of nitrogens with zero attached hydrogens (tertiary/aromatic N) is 1. The molecule has 116 valence electrons. The fourth-order valence-corrected chi connectivity index (χ4v) is 4.07. The van der Waals surface area contributed by atoms with E-state index < -0.39 is 0 Å². The molecule has 2 aliphatic rings. The molecule has 0 amide bonds. The highest BCUT2D eigenvalue weighted by molar-refractivity contribution is 6.31. The van der Waals surface area contributed by atoms with Gasteiger partial charge in [-0.25, -0.2) is 0 Å². The Morgan fingerprint density at radius 2 is 2.05 bits per heavy atom. The van der Waals surface area contributed by atoms with Crippen LogP contribution in [-0.2, 0) is 0 Å². The lowest BCUT2D eigenvalue weighted by atomic mass is 9.81. The third-order valence-electron chi connectivity index (χ3n) is 4.83. The maximum Gasteiger partial charge on any atom is 0.0444 e. The van der Waals surface area contributed by atoms with Crippen LogP contribution in [0.25, 0.3) is 0 Å². The van der Waals surface area contributed by atoms with E-state index in [1.54, 1.807) is 0 Å². The van der Waals surface area contributed by atoms with Crippen molar-refractivity contribution in [1.29, 1.82) is 0 Å². The summed E-state index contributed by atoms with van der Waals surface area (Å²) >= 11 is 6.52. The average Bonchev–Trinajstić information content (AvgIpc) is 2.86. The van der Waals surface area contributed by atoms with Gasteiger partial charge in [-0.3, -0.25) is 0 Å². The number of hydrogen-bond donors (Lipinski definition) is 0. The largest absolute Gasteiger partial charge is 0.349 e. The summed E-state index contributed by atoms with van der Waals surface area (Å²) in [7, 11) is 0. The first-order chi connectivity index (χ1) is 10.5. The fraction of sp³-hybridized carbons (Fsp3) is 0.400. The third kappa shape index (κ3) is 2.52. The van der Waals surface area contributed by atoms with Crippen LogP contribution < -0.4 is 0 Å². The molecule has 0 aromatic heterocycles. The van der Waals surface area contributed by atoms with Gasteiger partial charge in [0.05, 0.1) is 0 Å². The summed E-state index contributed by atoms with van der Waals surface area (Å²) < 4.78 is 0. The van der Waals surface area contributed by atoms with E-state index in [0.717, 1.165) is 37.3 Å². The molecule has 1 aromatic rings. The Morgan fingerprint density at radius 1 is 1.27 bits per heavy atom. The van der Waals surface area contributed by atoms with Crippen LogP contribution in [0.15, 0.2) is 53.9 Å². The normalized spacial score (nSPS) is 21.6. The molecule has 1 nitrogen and oxygen atoms in total. The average molecular weight is 314 g/mol. The van der Waals surface area contributed by atoms with Gasteiger partial charge in [-0.15, -0.1) is 0 Å². The molecule has 0 bridgehead atoms. The van der Waals surface area contributed by atoms with Crippen molar-refractivity contribution in [2.24, 2.45) is 0 Å². The van der Waals surface area contributed by atoms with Gasteiger partial charge in [-0.2, -0.15) is 0 Å². The van der Waals surface area contributed by atoms with E-state index in [4.69, 9.17) is 11.6 Å². The van der Waals surface area contributed by atoms with E-state index in [1.165, 1.54) is 33.7 Å². The highest BCUT2D eigenvalue weighted by atomic mass is 35.5. The minimum absolute atomic E-state index is 0.318. The molecule has 0 spiro atoms. The van der Waals surface area contributed by atoms with E-state index >= 15 is 0 Å². The van der Waals surface area contributed by atoms with Crippen molar-refractivity contribution >= 4 is 11.6 Å². The van der Waals surface area contributed by atoms with Crippen LogP contribution in [0.2, 0.25) is 5.02 Å². The van der Waals surface area contributed by atoms with E-state index in [2.05, 4.69) is 44.0 Å². The van der Waals surface area contributed by atoms with Gasteiger partial charge in [0.2, 0.25) is 0 Å². The van der Waals surface area contributed by atoms with Crippen LogP contribution in [0.1, 0.15) is 49.7 Å². The summed E-state index contributed by atoms with van der Waals surface area (Å²) in [6, 6.07) is 6.32. The number of aryl methyl sites for hydroxylation is 1. The smallest absolute Gasteiger partial charge is 0.0444 e. The zero-order valence-electron chi connectivity index (χ0n) is 13.6. The van der Waals surface area contributed by atoms with E-state index in [1.807, 2.05) is 6.07 Å². The van der Waals surface area contributed by atoms with E-state index in [9.17, 15) is 0 Å². The predicted octanol–water partition coefficient (Wildman–Crippen LogP) is 5.97. The summed E-state index contributed by atoms with van der Waals surface area (Å²) in [5.41, 5.74) is 7.85. The Morgan fingerprint density at radius 3 is 2.77 bits per heavy atom. The molecule has 1 aliphatic carbocycles. The number of hydrogen-bond acceptors (Lipinski definition) is 1. The van der Waals surface area contributed by atoms with Crippen LogP contribution in [0, 0.1) is 6.92 Å². The molecule has 0 N–H and O–H groups in total. The molecule has 1 heterocycles. The van der Waals surface area contributed by atoms with Crippen molar-refractivity contribution in [1.82, 2.24) is 4.90 Å². The molecule has 1 aromatic carbocycles. The first kappa shape index (κ1) is 15.4. The van der Waals surface area contributed by atoms with Crippen molar-refractivity contribution in [3.05, 3.63) is 70.0 Å². The molecular weight excluding hydrogens is 290 g/mol. The summed E-state index contributed by atoms with van der Waals surface area (Å²) in [4.78, 5) is 2.42. The van der Waals surface area contributed by atoms with Gasteiger partial charge in [0.1, 0.15) is 0 Å². The van der Waals surface area contributed by atoms with Gasteiger partial charge < -0.3 is 4.90 Å². The Kier molecular flexibility index (Phi) is 4.18. The fourth-order valence-electron chi connectivity index (χ4n) is 3.82. The van der Waals surface area contributed by atoms with Crippen LogP contribution in [0.5, 0.6) is 0 Å². The first-order valence-corrected chi connectivity index (χ1v) is 8.53. The Balaban J connectivity index is 2.11. The number of halogens is 1.